The Balaban J connectivity index is 0.000000921. The molecular weight excluding hydrogens is 308 g/mol. The quantitative estimate of drug-likeness (QED) is 0.803. The summed E-state index contributed by atoms with van der Waals surface area (Å²) in [4.78, 5) is 14.6. The molecule has 1 aliphatic heterocycles. The first-order valence-electron chi connectivity index (χ1n) is 6.35. The Morgan fingerprint density at radius 1 is 1.57 bits per heavy atom. The molecule has 9 heteroatoms. The number of halogens is 3. The molecule has 1 fully saturated rings. The summed E-state index contributed by atoms with van der Waals surface area (Å²) in [7, 11) is 0. The van der Waals surface area contributed by atoms with E-state index in [9.17, 15) is 13.6 Å². The van der Waals surface area contributed by atoms with Crippen molar-refractivity contribution < 1.29 is 18.6 Å². The van der Waals surface area contributed by atoms with E-state index >= 15 is 0 Å². The minimum atomic E-state index is -1.50. The summed E-state index contributed by atoms with van der Waals surface area (Å²) in [5.41, 5.74) is 4.21. The highest BCUT2D eigenvalue weighted by atomic mass is 35.5. The van der Waals surface area contributed by atoms with Gasteiger partial charge in [0, 0.05) is 12.8 Å². The molecule has 1 aliphatic rings. The molecule has 3 unspecified atom stereocenters. The summed E-state index contributed by atoms with van der Waals surface area (Å²) < 4.78 is 32.5. The molecule has 0 amide bonds. The number of ether oxygens (including phenoxy) is 1. The predicted molar refractivity (Wildman–Crippen MR) is 76.5 cm³/mol. The van der Waals surface area contributed by atoms with Crippen LogP contribution >= 0.6 is 11.6 Å². The number of anilines is 1. The lowest BCUT2D eigenvalue weighted by atomic mass is 10.2. The van der Waals surface area contributed by atoms with E-state index in [-0.39, 0.29) is 13.0 Å². The number of alkyl halides is 2. The van der Waals surface area contributed by atoms with Crippen LogP contribution in [0.2, 0.25) is 0 Å². The van der Waals surface area contributed by atoms with Crippen LogP contribution < -0.4 is 11.4 Å². The highest BCUT2D eigenvalue weighted by Gasteiger charge is 2.37. The van der Waals surface area contributed by atoms with Gasteiger partial charge in [0.05, 0.1) is 18.9 Å². The average Bonchev–Trinajstić information content (AvgIpc) is 2.88. The minimum Gasteiger partial charge on any atom is -0.394 e. The van der Waals surface area contributed by atoms with Crippen LogP contribution in [0.5, 0.6) is 0 Å². The van der Waals surface area contributed by atoms with Gasteiger partial charge in [-0.15, -0.1) is 11.6 Å². The molecule has 0 bridgehead atoms. The Morgan fingerprint density at radius 2 is 2.14 bits per heavy atom. The molecule has 2 heterocycles. The Kier molecular flexibility index (Phi) is 9.07. The van der Waals surface area contributed by atoms with Gasteiger partial charge in [0.2, 0.25) is 0 Å². The normalized spacial score (nSPS) is 23.7. The van der Waals surface area contributed by atoms with Crippen molar-refractivity contribution in [2.75, 3.05) is 18.7 Å². The highest BCUT2D eigenvalue weighted by Crippen LogP contribution is 2.30. The van der Waals surface area contributed by atoms with Crippen molar-refractivity contribution in [2.24, 2.45) is 0 Å². The maximum Gasteiger partial charge on any atom is 0.351 e. The van der Waals surface area contributed by atoms with Crippen LogP contribution in [0.15, 0.2) is 11.0 Å². The molecule has 0 radical (unpaired) electrons. The van der Waals surface area contributed by atoms with Gasteiger partial charge in [-0.25, -0.2) is 13.6 Å². The first-order valence-corrected chi connectivity index (χ1v) is 7.11. The summed E-state index contributed by atoms with van der Waals surface area (Å²) in [6.07, 6.45) is -1.32. The average molecular weight is 328 g/mol. The van der Waals surface area contributed by atoms with Gasteiger partial charge < -0.3 is 15.6 Å². The second-order valence-corrected chi connectivity index (χ2v) is 3.75. The standard InChI is InChI=1S/C9H11F2N3O3.C2H6.CH3Cl/c10-5-1-4(3-15)17-8(5)14-2-6(11)7(12)13-9(14)16;2*1-2/h2,4-5,8,15H,1,3H2,(H2,12,13,16);1-2H3;1H3. The zero-order valence-corrected chi connectivity index (χ0v) is 12.8. The Bertz CT molecular complexity index is 487. The molecule has 21 heavy (non-hydrogen) atoms. The van der Waals surface area contributed by atoms with E-state index in [0.29, 0.717) is 4.57 Å². The van der Waals surface area contributed by atoms with E-state index < -0.39 is 35.8 Å². The molecule has 3 N–H and O–H groups in total. The molecule has 0 spiro atoms. The van der Waals surface area contributed by atoms with Crippen molar-refractivity contribution in [1.82, 2.24) is 9.55 Å². The van der Waals surface area contributed by atoms with Gasteiger partial charge in [-0.05, 0) is 0 Å². The third-order valence-electron chi connectivity index (χ3n) is 2.54. The maximum absolute atomic E-state index is 13.5. The lowest BCUT2D eigenvalue weighted by Gasteiger charge is -2.16. The maximum atomic E-state index is 13.5. The first-order chi connectivity index (χ1) is 10.0. The molecule has 0 saturated carbocycles. The van der Waals surface area contributed by atoms with Gasteiger partial charge in [0.15, 0.2) is 17.9 Å². The third kappa shape index (κ3) is 4.90. The second kappa shape index (κ2) is 9.64. The van der Waals surface area contributed by atoms with E-state index in [4.69, 9.17) is 15.6 Å². The minimum absolute atomic E-state index is 0.0560. The Labute approximate surface area is 126 Å². The topological polar surface area (TPSA) is 90.4 Å². The van der Waals surface area contributed by atoms with Crippen LogP contribution in [0.25, 0.3) is 0 Å². The number of nitrogens with two attached hydrogens (primary N) is 1. The number of aliphatic hydroxyl groups is 1. The number of rotatable bonds is 2. The SMILES string of the molecule is CC.CCl.Nc1nc(=O)n(C2OC(CO)CC2F)cc1F. The molecule has 3 atom stereocenters. The third-order valence-corrected chi connectivity index (χ3v) is 2.54. The van der Waals surface area contributed by atoms with Crippen molar-refractivity contribution in [1.29, 1.82) is 0 Å². The van der Waals surface area contributed by atoms with Crippen molar-refractivity contribution in [2.45, 2.75) is 38.8 Å². The van der Waals surface area contributed by atoms with Crippen LogP contribution in [0.3, 0.4) is 0 Å². The fraction of sp³-hybridized carbons (Fsp3) is 0.667. The Hall–Kier alpha value is -1.25. The fourth-order valence-electron chi connectivity index (χ4n) is 1.70. The van der Waals surface area contributed by atoms with Crippen molar-refractivity contribution in [3.05, 3.63) is 22.5 Å². The van der Waals surface area contributed by atoms with Crippen molar-refractivity contribution in [3.63, 3.8) is 0 Å². The molecule has 1 aromatic rings. The molecule has 1 saturated heterocycles. The monoisotopic (exact) mass is 327 g/mol. The second-order valence-electron chi connectivity index (χ2n) is 3.75. The summed E-state index contributed by atoms with van der Waals surface area (Å²) >= 11 is 4.64. The predicted octanol–water partition coefficient (Wildman–Crippen LogP) is 1.46. The van der Waals surface area contributed by atoms with Gasteiger partial charge in [-0.1, -0.05) is 13.8 Å². The lowest BCUT2D eigenvalue weighted by Crippen LogP contribution is -2.31. The highest BCUT2D eigenvalue weighted by molar-refractivity contribution is 6.15. The van der Waals surface area contributed by atoms with Crippen LogP contribution in [0.1, 0.15) is 26.5 Å². The van der Waals surface area contributed by atoms with Crippen molar-refractivity contribution in [3.8, 4) is 0 Å². The van der Waals surface area contributed by atoms with E-state index in [2.05, 4.69) is 16.6 Å². The molecule has 2 rings (SSSR count). The number of nitrogen functional groups attached to an aromatic ring is 1. The van der Waals surface area contributed by atoms with Gasteiger partial charge >= 0.3 is 5.69 Å². The molecule has 0 aromatic carbocycles. The number of aromatic nitrogens is 2. The van der Waals surface area contributed by atoms with Gasteiger partial charge in [-0.2, -0.15) is 4.98 Å². The molecule has 1 aromatic heterocycles. The smallest absolute Gasteiger partial charge is 0.351 e. The summed E-state index contributed by atoms with van der Waals surface area (Å²) in [5.74, 6) is -1.47. The number of aliphatic hydroxyl groups excluding tert-OH is 1. The van der Waals surface area contributed by atoms with E-state index in [0.717, 1.165) is 6.20 Å². The van der Waals surface area contributed by atoms with Crippen LogP contribution in [0, 0.1) is 5.82 Å². The van der Waals surface area contributed by atoms with Gasteiger partial charge in [0.25, 0.3) is 0 Å². The molecule has 6 nitrogen and oxygen atoms in total. The summed E-state index contributed by atoms with van der Waals surface area (Å²) in [5, 5.41) is 8.83. The Morgan fingerprint density at radius 3 is 2.62 bits per heavy atom. The molecular formula is C12H20ClF2N3O3. The lowest BCUT2D eigenvalue weighted by molar-refractivity contribution is -0.0397. The van der Waals surface area contributed by atoms with E-state index in [1.807, 2.05) is 13.8 Å². The molecule has 0 aliphatic carbocycles. The number of nitrogens with zero attached hydrogens (tertiary/aromatic N) is 2. The fourth-order valence-corrected chi connectivity index (χ4v) is 1.70. The molecule has 122 valence electrons. The van der Waals surface area contributed by atoms with Gasteiger partial charge in [0.1, 0.15) is 6.17 Å². The van der Waals surface area contributed by atoms with Crippen molar-refractivity contribution >= 4 is 17.4 Å². The van der Waals surface area contributed by atoms with Crippen LogP contribution in [-0.4, -0.2) is 39.9 Å². The van der Waals surface area contributed by atoms with E-state index in [1.54, 1.807) is 0 Å². The van der Waals surface area contributed by atoms with E-state index in [1.165, 1.54) is 6.38 Å². The first kappa shape index (κ1) is 19.8. The number of hydrogen-bond donors (Lipinski definition) is 2. The number of hydrogen-bond acceptors (Lipinski definition) is 5. The van der Waals surface area contributed by atoms with Crippen LogP contribution in [0.4, 0.5) is 14.6 Å². The summed E-state index contributed by atoms with van der Waals surface area (Å²) in [6.45, 7) is 3.64. The zero-order chi connectivity index (χ0) is 16.6. The van der Waals surface area contributed by atoms with Crippen LogP contribution in [-0.2, 0) is 4.74 Å². The van der Waals surface area contributed by atoms with Gasteiger partial charge in [-0.3, -0.25) is 4.57 Å². The zero-order valence-electron chi connectivity index (χ0n) is 12.1. The summed E-state index contributed by atoms with van der Waals surface area (Å²) in [6, 6.07) is 0. The largest absolute Gasteiger partial charge is 0.394 e.